The number of benzene rings is 1. The minimum atomic E-state index is -0.893. The quantitative estimate of drug-likeness (QED) is 0.629. The molecule has 1 fully saturated rings. The fourth-order valence-electron chi connectivity index (χ4n) is 3.29. The van der Waals surface area contributed by atoms with Crippen molar-refractivity contribution in [3.8, 4) is 5.75 Å². The van der Waals surface area contributed by atoms with Gasteiger partial charge in [0.05, 0.1) is 16.6 Å². The van der Waals surface area contributed by atoms with Crippen LogP contribution in [-0.4, -0.2) is 32.7 Å². The molecule has 9 heteroatoms. The van der Waals surface area contributed by atoms with Crippen LogP contribution in [0, 0.1) is 12.7 Å². The average molecular weight is 411 g/mol. The van der Waals surface area contributed by atoms with Gasteiger partial charge in [-0.3, -0.25) is 25.1 Å². The highest BCUT2D eigenvalue weighted by Crippen LogP contribution is 2.40. The van der Waals surface area contributed by atoms with Gasteiger partial charge in [0.2, 0.25) is 0 Å². The number of fused-ring (bicyclic) bond motifs is 1. The van der Waals surface area contributed by atoms with Gasteiger partial charge < -0.3 is 4.74 Å². The topological polar surface area (TPSA) is 98.1 Å². The van der Waals surface area contributed by atoms with Crippen molar-refractivity contribution in [1.82, 2.24) is 25.6 Å². The summed E-state index contributed by atoms with van der Waals surface area (Å²) in [6, 6.07) is 7.11. The number of ether oxygens (including phenoxy) is 1. The molecule has 2 heterocycles. The van der Waals surface area contributed by atoms with Crippen molar-refractivity contribution in [2.75, 3.05) is 0 Å². The molecule has 4 rings (SSSR count). The summed E-state index contributed by atoms with van der Waals surface area (Å²) in [6.07, 6.45) is 1.20. The van der Waals surface area contributed by atoms with E-state index in [1.54, 1.807) is 17.8 Å². The van der Waals surface area contributed by atoms with Gasteiger partial charge in [0, 0.05) is 18.7 Å². The lowest BCUT2D eigenvalue weighted by atomic mass is 10.1. The number of aryl methyl sites for hydroxylation is 2. The second-order valence-electron chi connectivity index (χ2n) is 7.43. The third-order valence-corrected chi connectivity index (χ3v) is 5.02. The molecule has 0 bridgehead atoms. The lowest BCUT2D eigenvalue weighted by Gasteiger charge is -2.15. The minimum Gasteiger partial charge on any atom is -0.481 e. The lowest BCUT2D eigenvalue weighted by molar-refractivity contribution is -0.128. The lowest BCUT2D eigenvalue weighted by Crippen LogP contribution is -2.47. The fourth-order valence-corrected chi connectivity index (χ4v) is 3.29. The van der Waals surface area contributed by atoms with Crippen LogP contribution >= 0.6 is 0 Å². The van der Waals surface area contributed by atoms with E-state index in [2.05, 4.69) is 20.9 Å². The van der Waals surface area contributed by atoms with Gasteiger partial charge in [0.25, 0.3) is 11.8 Å². The molecule has 156 valence electrons. The zero-order valence-electron chi connectivity index (χ0n) is 16.9. The Labute approximate surface area is 172 Å². The number of hydrazine groups is 1. The molecule has 2 N–H and O–H groups in total. The number of nitrogens with zero attached hydrogens (tertiary/aromatic N) is 3. The number of rotatable bonds is 5. The third-order valence-electron chi connectivity index (χ3n) is 5.02. The first-order valence-corrected chi connectivity index (χ1v) is 9.70. The van der Waals surface area contributed by atoms with Crippen LogP contribution in [0.25, 0.3) is 11.0 Å². The number of hydrogen-bond acceptors (Lipinski definition) is 5. The highest BCUT2D eigenvalue weighted by molar-refractivity contribution is 6.07. The molecule has 1 aromatic carbocycles. The zero-order valence-corrected chi connectivity index (χ0v) is 16.9. The molecule has 1 unspecified atom stereocenters. The molecule has 1 atom stereocenters. The largest absolute Gasteiger partial charge is 0.481 e. The second kappa shape index (κ2) is 7.74. The second-order valence-corrected chi connectivity index (χ2v) is 7.43. The van der Waals surface area contributed by atoms with Gasteiger partial charge in [-0.05, 0) is 57.0 Å². The van der Waals surface area contributed by atoms with Crippen molar-refractivity contribution in [2.24, 2.45) is 7.05 Å². The first-order valence-electron chi connectivity index (χ1n) is 9.70. The van der Waals surface area contributed by atoms with E-state index in [0.29, 0.717) is 34.0 Å². The summed E-state index contributed by atoms with van der Waals surface area (Å²) in [4.78, 5) is 29.8. The minimum absolute atomic E-state index is 0.348. The number of carbonyl (C=O) groups is 2. The van der Waals surface area contributed by atoms with Crippen LogP contribution < -0.4 is 15.6 Å². The molecule has 30 heavy (non-hydrogen) atoms. The molecule has 2 aromatic heterocycles. The maximum Gasteiger partial charge on any atom is 0.279 e. The Balaban J connectivity index is 1.47. The van der Waals surface area contributed by atoms with Crippen molar-refractivity contribution in [2.45, 2.75) is 38.7 Å². The maximum absolute atomic E-state index is 13.0. The van der Waals surface area contributed by atoms with Gasteiger partial charge in [-0.1, -0.05) is 0 Å². The van der Waals surface area contributed by atoms with Gasteiger partial charge in [0.1, 0.15) is 11.6 Å². The first kappa shape index (κ1) is 19.8. The van der Waals surface area contributed by atoms with Gasteiger partial charge in [0.15, 0.2) is 11.8 Å². The SMILES string of the molecule is Cc1nn(C)c2nc(C3CC3)cc(C(=O)NNC(=O)C(C)Oc3ccc(F)cc3)c12. The summed E-state index contributed by atoms with van der Waals surface area (Å²) in [5, 5.41) is 5.03. The van der Waals surface area contributed by atoms with E-state index in [4.69, 9.17) is 4.74 Å². The Morgan fingerprint density at radius 3 is 2.60 bits per heavy atom. The van der Waals surface area contributed by atoms with Gasteiger partial charge in [-0.15, -0.1) is 0 Å². The van der Waals surface area contributed by atoms with E-state index >= 15 is 0 Å². The predicted octanol–water partition coefficient (Wildman–Crippen LogP) is 2.52. The number of halogens is 1. The molecule has 0 radical (unpaired) electrons. The Morgan fingerprint density at radius 2 is 1.93 bits per heavy atom. The summed E-state index contributed by atoms with van der Waals surface area (Å²) < 4.78 is 20.1. The number of nitrogens with one attached hydrogen (secondary N) is 2. The monoisotopic (exact) mass is 411 g/mol. The molecule has 0 aliphatic heterocycles. The van der Waals surface area contributed by atoms with E-state index in [1.165, 1.54) is 31.2 Å². The standard InChI is InChI=1S/C21H22FN5O3/c1-11-18-16(10-17(13-4-5-13)23-19(18)27(3)26-11)21(29)25-24-20(28)12(2)30-15-8-6-14(22)7-9-15/h6-10,12-13H,4-5H2,1-3H3,(H,24,28)(H,25,29). The summed E-state index contributed by atoms with van der Waals surface area (Å²) >= 11 is 0. The van der Waals surface area contributed by atoms with Crippen LogP contribution in [0.3, 0.4) is 0 Å². The third kappa shape index (κ3) is 3.96. The fraction of sp³-hybridized carbons (Fsp3) is 0.333. The summed E-state index contributed by atoms with van der Waals surface area (Å²) in [7, 11) is 1.79. The van der Waals surface area contributed by atoms with Crippen molar-refractivity contribution >= 4 is 22.8 Å². The van der Waals surface area contributed by atoms with Crippen molar-refractivity contribution in [3.05, 3.63) is 53.1 Å². The van der Waals surface area contributed by atoms with Crippen molar-refractivity contribution in [1.29, 1.82) is 0 Å². The van der Waals surface area contributed by atoms with Gasteiger partial charge in [-0.25, -0.2) is 9.37 Å². The van der Waals surface area contributed by atoms with Crippen LogP contribution in [0.5, 0.6) is 5.75 Å². The number of hydrogen-bond donors (Lipinski definition) is 2. The number of carbonyl (C=O) groups excluding carboxylic acids is 2. The van der Waals surface area contributed by atoms with Crippen LogP contribution in [0.1, 0.15) is 47.4 Å². The van der Waals surface area contributed by atoms with E-state index in [-0.39, 0.29) is 0 Å². The highest BCUT2D eigenvalue weighted by atomic mass is 19.1. The highest BCUT2D eigenvalue weighted by Gasteiger charge is 2.28. The summed E-state index contributed by atoms with van der Waals surface area (Å²) in [5.41, 5.74) is 7.43. The van der Waals surface area contributed by atoms with Crippen LogP contribution in [0.2, 0.25) is 0 Å². The van der Waals surface area contributed by atoms with Gasteiger partial charge >= 0.3 is 0 Å². The van der Waals surface area contributed by atoms with Gasteiger partial charge in [-0.2, -0.15) is 5.10 Å². The molecule has 3 aromatic rings. The average Bonchev–Trinajstić information content (AvgIpc) is 3.53. The molecule has 8 nitrogen and oxygen atoms in total. The zero-order chi connectivity index (χ0) is 21.4. The molecule has 1 aliphatic rings. The van der Waals surface area contributed by atoms with Crippen molar-refractivity contribution in [3.63, 3.8) is 0 Å². The molecule has 1 saturated carbocycles. The maximum atomic E-state index is 13.0. The van der Waals surface area contributed by atoms with Crippen LogP contribution in [0.15, 0.2) is 30.3 Å². The summed E-state index contributed by atoms with van der Waals surface area (Å²) in [5.74, 6) is -0.686. The summed E-state index contributed by atoms with van der Waals surface area (Å²) in [6.45, 7) is 3.35. The first-order chi connectivity index (χ1) is 14.3. The Hall–Kier alpha value is -3.49. The van der Waals surface area contributed by atoms with Crippen molar-refractivity contribution < 1.29 is 18.7 Å². The molecular weight excluding hydrogens is 389 g/mol. The molecule has 0 saturated heterocycles. The van der Waals surface area contributed by atoms with E-state index in [0.717, 1.165) is 18.5 Å². The normalized spacial score (nSPS) is 14.4. The number of amides is 2. The molecule has 1 aliphatic carbocycles. The molecule has 2 amide bonds. The van der Waals surface area contributed by atoms with Crippen LogP contribution in [0.4, 0.5) is 4.39 Å². The Bertz CT molecular complexity index is 1120. The van der Waals surface area contributed by atoms with E-state index in [9.17, 15) is 14.0 Å². The number of pyridine rings is 1. The molecule has 0 spiro atoms. The Kier molecular flexibility index (Phi) is 5.11. The van der Waals surface area contributed by atoms with E-state index < -0.39 is 23.7 Å². The predicted molar refractivity (Wildman–Crippen MR) is 107 cm³/mol. The van der Waals surface area contributed by atoms with Crippen LogP contribution in [-0.2, 0) is 11.8 Å². The van der Waals surface area contributed by atoms with E-state index in [1.807, 2.05) is 6.92 Å². The number of aromatic nitrogens is 3. The smallest absolute Gasteiger partial charge is 0.279 e. The molecular formula is C21H22FN5O3. The Morgan fingerprint density at radius 1 is 1.23 bits per heavy atom.